The minimum atomic E-state index is -0.0433. The lowest BCUT2D eigenvalue weighted by molar-refractivity contribution is 0.0626. The van der Waals surface area contributed by atoms with Gasteiger partial charge in [-0.05, 0) is 43.0 Å². The average molecular weight is 346 g/mol. The molecule has 1 aromatic carbocycles. The van der Waals surface area contributed by atoms with Gasteiger partial charge in [0.15, 0.2) is 0 Å². The van der Waals surface area contributed by atoms with Gasteiger partial charge >= 0.3 is 0 Å². The molecule has 3 aromatic rings. The third kappa shape index (κ3) is 2.35. The average Bonchev–Trinajstić information content (AvgIpc) is 3.09. The van der Waals surface area contributed by atoms with Gasteiger partial charge in [-0.2, -0.15) is 0 Å². The Morgan fingerprint density at radius 3 is 2.77 bits per heavy atom. The van der Waals surface area contributed by atoms with Crippen LogP contribution in [0, 0.1) is 0 Å². The number of nitrogens with zero attached hydrogens (tertiary/aromatic N) is 2. The van der Waals surface area contributed by atoms with Crippen molar-refractivity contribution in [1.29, 1.82) is 0 Å². The molecule has 0 bridgehead atoms. The highest BCUT2D eigenvalue weighted by Gasteiger charge is 2.42. The van der Waals surface area contributed by atoms with Crippen LogP contribution >= 0.6 is 0 Å². The third-order valence-electron chi connectivity index (χ3n) is 5.94. The topological polar surface area (TPSA) is 61.0 Å². The molecule has 5 nitrogen and oxygen atoms in total. The number of aromatic amines is 1. The van der Waals surface area contributed by atoms with Gasteiger partial charge in [0.25, 0.3) is 5.91 Å². The maximum atomic E-state index is 12.7. The Kier molecular flexibility index (Phi) is 3.57. The molecular formula is C21H22N4O. The molecule has 1 spiro atoms. The van der Waals surface area contributed by atoms with E-state index in [0.29, 0.717) is 5.56 Å². The van der Waals surface area contributed by atoms with Crippen molar-refractivity contribution in [3.05, 3.63) is 65.6 Å². The van der Waals surface area contributed by atoms with Crippen LogP contribution in [0.25, 0.3) is 10.9 Å². The minimum absolute atomic E-state index is 0.0433. The summed E-state index contributed by atoms with van der Waals surface area (Å²) in [5.74, 6) is 0.0839. The van der Waals surface area contributed by atoms with Crippen LogP contribution in [0.3, 0.4) is 0 Å². The summed E-state index contributed by atoms with van der Waals surface area (Å²) < 4.78 is 0. The maximum Gasteiger partial charge on any atom is 0.255 e. The molecular weight excluding hydrogens is 324 g/mol. The highest BCUT2D eigenvalue weighted by atomic mass is 16.2. The molecule has 0 radical (unpaired) electrons. The summed E-state index contributed by atoms with van der Waals surface area (Å²) in [4.78, 5) is 22.4. The van der Waals surface area contributed by atoms with Crippen LogP contribution in [0.1, 0.15) is 34.5 Å². The van der Waals surface area contributed by atoms with Gasteiger partial charge in [0, 0.05) is 48.6 Å². The number of H-pyrrole nitrogens is 1. The van der Waals surface area contributed by atoms with Gasteiger partial charge in [0.1, 0.15) is 0 Å². The van der Waals surface area contributed by atoms with Gasteiger partial charge < -0.3 is 15.2 Å². The van der Waals surface area contributed by atoms with E-state index < -0.39 is 0 Å². The zero-order chi connectivity index (χ0) is 17.6. The molecule has 2 aliphatic rings. The van der Waals surface area contributed by atoms with E-state index in [1.165, 1.54) is 22.2 Å². The number of likely N-dealkylation sites (tertiary alicyclic amines) is 1. The minimum Gasteiger partial charge on any atom is -0.357 e. The molecule has 0 saturated carbocycles. The number of carbonyl (C=O) groups excluding carboxylic acids is 1. The molecule has 5 rings (SSSR count). The lowest BCUT2D eigenvalue weighted by Gasteiger charge is -2.44. The molecule has 2 aromatic heterocycles. The second-order valence-electron chi connectivity index (χ2n) is 7.32. The fourth-order valence-electron chi connectivity index (χ4n) is 4.57. The smallest absolute Gasteiger partial charge is 0.255 e. The van der Waals surface area contributed by atoms with Gasteiger partial charge in [-0.1, -0.05) is 18.2 Å². The first kappa shape index (κ1) is 15.6. The number of pyridine rings is 1. The molecule has 1 saturated heterocycles. The van der Waals surface area contributed by atoms with Gasteiger partial charge in [-0.25, -0.2) is 0 Å². The van der Waals surface area contributed by atoms with Crippen LogP contribution < -0.4 is 5.32 Å². The van der Waals surface area contributed by atoms with E-state index >= 15 is 0 Å². The number of amides is 1. The molecule has 26 heavy (non-hydrogen) atoms. The van der Waals surface area contributed by atoms with Crippen LogP contribution in [-0.2, 0) is 12.0 Å². The summed E-state index contributed by atoms with van der Waals surface area (Å²) in [6.07, 6.45) is 6.27. The number of rotatable bonds is 1. The molecule has 2 aliphatic heterocycles. The largest absolute Gasteiger partial charge is 0.357 e. The zero-order valence-electron chi connectivity index (χ0n) is 14.7. The lowest BCUT2D eigenvalue weighted by atomic mass is 9.79. The predicted molar refractivity (Wildman–Crippen MR) is 101 cm³/mol. The molecule has 0 aliphatic carbocycles. The summed E-state index contributed by atoms with van der Waals surface area (Å²) in [6, 6.07) is 12.2. The van der Waals surface area contributed by atoms with Crippen molar-refractivity contribution in [1.82, 2.24) is 20.2 Å². The predicted octanol–water partition coefficient (Wildman–Crippen LogP) is 2.84. The lowest BCUT2D eigenvalue weighted by Crippen LogP contribution is -2.55. The standard InChI is InChI=1S/C21H22N4O/c26-20(15-4-3-10-22-14-15)25-12-8-21(9-13-25)19-17(7-11-23-21)16-5-1-2-6-18(16)24-19/h1-6,10,14,23-24H,7-9,11-13H2. The summed E-state index contributed by atoms with van der Waals surface area (Å²) in [5.41, 5.74) is 4.63. The van der Waals surface area contributed by atoms with Crippen molar-refractivity contribution in [2.45, 2.75) is 24.8 Å². The molecule has 1 fully saturated rings. The molecule has 4 heterocycles. The van der Waals surface area contributed by atoms with Crippen molar-refractivity contribution in [3.63, 3.8) is 0 Å². The fraction of sp³-hybridized carbons (Fsp3) is 0.333. The Hall–Kier alpha value is -2.66. The van der Waals surface area contributed by atoms with Gasteiger partial charge in [-0.3, -0.25) is 9.78 Å². The molecule has 2 N–H and O–H groups in total. The number of nitrogens with one attached hydrogen (secondary N) is 2. The van der Waals surface area contributed by atoms with Crippen LogP contribution in [-0.4, -0.2) is 40.4 Å². The Bertz CT molecular complexity index is 955. The Morgan fingerprint density at radius 1 is 1.12 bits per heavy atom. The van der Waals surface area contributed by atoms with Crippen molar-refractivity contribution in [2.75, 3.05) is 19.6 Å². The number of hydrogen-bond donors (Lipinski definition) is 2. The Morgan fingerprint density at radius 2 is 1.96 bits per heavy atom. The molecule has 5 heteroatoms. The Balaban J connectivity index is 1.43. The molecule has 0 unspecified atom stereocenters. The van der Waals surface area contributed by atoms with E-state index in [4.69, 9.17) is 0 Å². The van der Waals surface area contributed by atoms with Crippen LogP contribution in [0.2, 0.25) is 0 Å². The molecule has 132 valence electrons. The molecule has 1 amide bonds. The number of hydrogen-bond acceptors (Lipinski definition) is 3. The van der Waals surface area contributed by atoms with Crippen molar-refractivity contribution in [2.24, 2.45) is 0 Å². The van der Waals surface area contributed by atoms with Crippen molar-refractivity contribution in [3.8, 4) is 0 Å². The quantitative estimate of drug-likeness (QED) is 0.712. The van der Waals surface area contributed by atoms with Crippen molar-refractivity contribution >= 4 is 16.8 Å². The first-order valence-corrected chi connectivity index (χ1v) is 9.31. The zero-order valence-corrected chi connectivity index (χ0v) is 14.7. The SMILES string of the molecule is O=C(c1cccnc1)N1CCC2(CC1)NCCc1c2[nH]c2ccccc12. The first-order chi connectivity index (χ1) is 12.8. The van der Waals surface area contributed by atoms with Gasteiger partial charge in [0.2, 0.25) is 0 Å². The van der Waals surface area contributed by atoms with E-state index in [1.54, 1.807) is 12.4 Å². The van der Waals surface area contributed by atoms with Gasteiger partial charge in [-0.15, -0.1) is 0 Å². The summed E-state index contributed by atoms with van der Waals surface area (Å²) >= 11 is 0. The van der Waals surface area contributed by atoms with E-state index in [-0.39, 0.29) is 11.4 Å². The second kappa shape index (κ2) is 5.95. The van der Waals surface area contributed by atoms with Crippen LogP contribution in [0.5, 0.6) is 0 Å². The van der Waals surface area contributed by atoms with E-state index in [1.807, 2.05) is 17.0 Å². The number of fused-ring (bicyclic) bond motifs is 4. The van der Waals surface area contributed by atoms with Gasteiger partial charge in [0.05, 0.1) is 11.1 Å². The van der Waals surface area contributed by atoms with E-state index in [9.17, 15) is 4.79 Å². The second-order valence-corrected chi connectivity index (χ2v) is 7.32. The Labute approximate surface area is 152 Å². The highest BCUT2D eigenvalue weighted by Crippen LogP contribution is 2.40. The highest BCUT2D eigenvalue weighted by molar-refractivity contribution is 5.94. The van der Waals surface area contributed by atoms with Crippen LogP contribution in [0.15, 0.2) is 48.8 Å². The maximum absolute atomic E-state index is 12.7. The van der Waals surface area contributed by atoms with E-state index in [2.05, 4.69) is 39.6 Å². The number of benzene rings is 1. The fourth-order valence-corrected chi connectivity index (χ4v) is 4.57. The number of piperidine rings is 1. The normalized spacial score (nSPS) is 18.8. The summed E-state index contributed by atoms with van der Waals surface area (Å²) in [6.45, 7) is 2.51. The number of para-hydroxylation sites is 1. The van der Waals surface area contributed by atoms with Crippen molar-refractivity contribution < 1.29 is 4.79 Å². The summed E-state index contributed by atoms with van der Waals surface area (Å²) in [7, 11) is 0. The third-order valence-corrected chi connectivity index (χ3v) is 5.94. The monoisotopic (exact) mass is 346 g/mol. The number of aromatic nitrogens is 2. The first-order valence-electron chi connectivity index (χ1n) is 9.31. The summed E-state index contributed by atoms with van der Waals surface area (Å²) in [5, 5.41) is 5.11. The molecule has 0 atom stereocenters. The van der Waals surface area contributed by atoms with Crippen LogP contribution in [0.4, 0.5) is 0 Å². The number of carbonyl (C=O) groups is 1. The van der Waals surface area contributed by atoms with E-state index in [0.717, 1.165) is 38.9 Å².